The molecule has 1 aromatic carbocycles. The lowest BCUT2D eigenvalue weighted by molar-refractivity contribution is 0.0768. The minimum Gasteiger partial charge on any atom is -0.491 e. The second-order valence-corrected chi connectivity index (χ2v) is 5.06. The van der Waals surface area contributed by atoms with Gasteiger partial charge in [-0.2, -0.15) is 0 Å². The van der Waals surface area contributed by atoms with Crippen LogP contribution in [0.5, 0.6) is 5.75 Å². The zero-order chi connectivity index (χ0) is 14.4. The van der Waals surface area contributed by atoms with Crippen LogP contribution in [0.2, 0.25) is 0 Å². The molecule has 4 nitrogen and oxygen atoms in total. The van der Waals surface area contributed by atoms with E-state index in [9.17, 15) is 9.90 Å². The topological polar surface area (TPSA) is 49.8 Å². The van der Waals surface area contributed by atoms with Crippen LogP contribution in [-0.4, -0.2) is 41.7 Å². The maximum Gasteiger partial charge on any atom is 0.253 e. The van der Waals surface area contributed by atoms with Crippen molar-refractivity contribution in [3.63, 3.8) is 0 Å². The van der Waals surface area contributed by atoms with Crippen molar-refractivity contribution in [3.8, 4) is 5.75 Å². The Morgan fingerprint density at radius 2 is 2.05 bits per heavy atom. The van der Waals surface area contributed by atoms with Gasteiger partial charge in [0.15, 0.2) is 0 Å². The van der Waals surface area contributed by atoms with Crippen molar-refractivity contribution in [1.29, 1.82) is 0 Å². The van der Waals surface area contributed by atoms with Gasteiger partial charge in [-0.1, -0.05) is 6.07 Å². The van der Waals surface area contributed by atoms with Gasteiger partial charge in [0.05, 0.1) is 12.2 Å². The molecule has 19 heavy (non-hydrogen) atoms. The van der Waals surface area contributed by atoms with E-state index in [4.69, 9.17) is 4.74 Å². The van der Waals surface area contributed by atoms with Gasteiger partial charge in [0.1, 0.15) is 5.75 Å². The molecule has 4 heteroatoms. The average molecular weight is 265 g/mol. The second-order valence-electron chi connectivity index (χ2n) is 5.06. The maximum atomic E-state index is 12.2. The van der Waals surface area contributed by atoms with Gasteiger partial charge in [-0.05, 0) is 45.4 Å². The van der Waals surface area contributed by atoms with E-state index >= 15 is 0 Å². The summed E-state index contributed by atoms with van der Waals surface area (Å²) in [5, 5.41) is 9.24. The molecule has 0 saturated heterocycles. The van der Waals surface area contributed by atoms with Crippen LogP contribution < -0.4 is 4.74 Å². The summed E-state index contributed by atoms with van der Waals surface area (Å²) in [6.07, 6.45) is 0.258. The summed E-state index contributed by atoms with van der Waals surface area (Å²) in [6.45, 7) is 6.15. The molecular formula is C15H23NO3. The first kappa shape index (κ1) is 15.5. The summed E-state index contributed by atoms with van der Waals surface area (Å²) in [5.74, 6) is 0.639. The fourth-order valence-corrected chi connectivity index (χ4v) is 1.68. The Balaban J connectivity index is 2.70. The zero-order valence-corrected chi connectivity index (χ0v) is 12.1. The lowest BCUT2D eigenvalue weighted by Gasteiger charge is -2.18. The third kappa shape index (κ3) is 5.30. The monoisotopic (exact) mass is 265 g/mol. The molecule has 0 bridgehead atoms. The number of rotatable bonds is 6. The highest BCUT2D eigenvalue weighted by atomic mass is 16.5. The fraction of sp³-hybridized carbons (Fsp3) is 0.533. The van der Waals surface area contributed by atoms with Gasteiger partial charge in [0.25, 0.3) is 5.91 Å². The predicted octanol–water partition coefficient (Wildman–Crippen LogP) is 2.32. The smallest absolute Gasteiger partial charge is 0.253 e. The molecule has 1 atom stereocenters. The van der Waals surface area contributed by atoms with Crippen LogP contribution in [0, 0.1) is 0 Å². The van der Waals surface area contributed by atoms with Crippen LogP contribution in [0.4, 0.5) is 0 Å². The van der Waals surface area contributed by atoms with Crippen molar-refractivity contribution in [2.75, 3.05) is 13.6 Å². The van der Waals surface area contributed by atoms with Crippen molar-refractivity contribution >= 4 is 5.91 Å². The molecule has 106 valence electrons. The van der Waals surface area contributed by atoms with Crippen molar-refractivity contribution in [3.05, 3.63) is 29.8 Å². The van der Waals surface area contributed by atoms with Gasteiger partial charge in [0, 0.05) is 19.2 Å². The van der Waals surface area contributed by atoms with Gasteiger partial charge in [-0.3, -0.25) is 4.79 Å². The van der Waals surface area contributed by atoms with Crippen LogP contribution >= 0.6 is 0 Å². The number of aliphatic hydroxyl groups excluding tert-OH is 1. The summed E-state index contributed by atoms with van der Waals surface area (Å²) in [6, 6.07) is 7.18. The first-order valence-corrected chi connectivity index (χ1v) is 6.60. The number of ether oxygens (including phenoxy) is 1. The van der Waals surface area contributed by atoms with Gasteiger partial charge >= 0.3 is 0 Å². The van der Waals surface area contributed by atoms with Gasteiger partial charge in [-0.25, -0.2) is 0 Å². The molecule has 0 aliphatic carbocycles. The molecule has 1 aromatic rings. The fourth-order valence-electron chi connectivity index (χ4n) is 1.68. The van der Waals surface area contributed by atoms with E-state index in [0.717, 1.165) is 0 Å². The van der Waals surface area contributed by atoms with Crippen LogP contribution in [-0.2, 0) is 0 Å². The van der Waals surface area contributed by atoms with E-state index in [1.807, 2.05) is 26.0 Å². The maximum absolute atomic E-state index is 12.2. The van der Waals surface area contributed by atoms with Gasteiger partial charge in [-0.15, -0.1) is 0 Å². The molecule has 0 fully saturated rings. The van der Waals surface area contributed by atoms with Crippen LogP contribution in [0.25, 0.3) is 0 Å². The highest BCUT2D eigenvalue weighted by Crippen LogP contribution is 2.16. The number of nitrogens with zero attached hydrogens (tertiary/aromatic N) is 1. The zero-order valence-electron chi connectivity index (χ0n) is 12.1. The second kappa shape index (κ2) is 7.14. The van der Waals surface area contributed by atoms with E-state index in [0.29, 0.717) is 24.3 Å². The number of carbonyl (C=O) groups excluding carboxylic acids is 1. The quantitative estimate of drug-likeness (QED) is 0.858. The standard InChI is InChI=1S/C15H23NO3/c1-11(2)19-14-7-5-6-13(10-14)15(18)16(4)9-8-12(3)17/h5-7,10-12,17H,8-9H2,1-4H3. The molecule has 0 aliphatic rings. The number of aliphatic hydroxyl groups is 1. The number of amides is 1. The molecule has 1 amide bonds. The molecule has 0 saturated carbocycles. The summed E-state index contributed by atoms with van der Waals surface area (Å²) in [5.41, 5.74) is 0.603. The van der Waals surface area contributed by atoms with Crippen molar-refractivity contribution < 1.29 is 14.6 Å². The van der Waals surface area contributed by atoms with E-state index in [-0.39, 0.29) is 12.0 Å². The number of benzene rings is 1. The third-order valence-electron chi connectivity index (χ3n) is 2.68. The predicted molar refractivity (Wildman–Crippen MR) is 75.5 cm³/mol. The summed E-state index contributed by atoms with van der Waals surface area (Å²) in [4.78, 5) is 13.8. The SMILES string of the molecule is CC(O)CCN(C)C(=O)c1cccc(OC(C)C)c1. The number of hydrogen-bond acceptors (Lipinski definition) is 3. The van der Waals surface area contributed by atoms with Crippen LogP contribution in [0.15, 0.2) is 24.3 Å². The first-order chi connectivity index (χ1) is 8.90. The molecule has 1 N–H and O–H groups in total. The molecular weight excluding hydrogens is 242 g/mol. The first-order valence-electron chi connectivity index (χ1n) is 6.60. The highest BCUT2D eigenvalue weighted by molar-refractivity contribution is 5.94. The van der Waals surface area contributed by atoms with Crippen molar-refractivity contribution in [1.82, 2.24) is 4.90 Å². The van der Waals surface area contributed by atoms with Crippen molar-refractivity contribution in [2.45, 2.75) is 39.4 Å². The Bertz CT molecular complexity index is 416. The van der Waals surface area contributed by atoms with E-state index < -0.39 is 6.10 Å². The molecule has 0 aromatic heterocycles. The minimum atomic E-state index is -0.397. The Labute approximate surface area is 115 Å². The molecule has 0 radical (unpaired) electrons. The number of hydrogen-bond donors (Lipinski definition) is 1. The molecule has 0 heterocycles. The van der Waals surface area contributed by atoms with E-state index in [1.165, 1.54) is 0 Å². The summed E-state index contributed by atoms with van der Waals surface area (Å²) in [7, 11) is 1.74. The molecule has 0 aliphatic heterocycles. The Morgan fingerprint density at radius 1 is 1.37 bits per heavy atom. The van der Waals surface area contributed by atoms with E-state index in [1.54, 1.807) is 31.0 Å². The summed E-state index contributed by atoms with van der Waals surface area (Å²) < 4.78 is 5.57. The van der Waals surface area contributed by atoms with Crippen LogP contribution in [0.3, 0.4) is 0 Å². The summed E-state index contributed by atoms with van der Waals surface area (Å²) >= 11 is 0. The average Bonchev–Trinajstić information content (AvgIpc) is 2.34. The minimum absolute atomic E-state index is 0.0603. The van der Waals surface area contributed by atoms with E-state index in [2.05, 4.69) is 0 Å². The van der Waals surface area contributed by atoms with Gasteiger partial charge < -0.3 is 14.7 Å². The Hall–Kier alpha value is -1.55. The Kier molecular flexibility index (Phi) is 5.83. The van der Waals surface area contributed by atoms with Gasteiger partial charge in [0.2, 0.25) is 0 Å². The lowest BCUT2D eigenvalue weighted by Crippen LogP contribution is -2.29. The highest BCUT2D eigenvalue weighted by Gasteiger charge is 2.13. The lowest BCUT2D eigenvalue weighted by atomic mass is 10.2. The van der Waals surface area contributed by atoms with Crippen molar-refractivity contribution in [2.24, 2.45) is 0 Å². The Morgan fingerprint density at radius 3 is 2.63 bits per heavy atom. The molecule has 1 unspecified atom stereocenters. The third-order valence-corrected chi connectivity index (χ3v) is 2.68. The number of carbonyl (C=O) groups is 1. The molecule has 1 rings (SSSR count). The van der Waals surface area contributed by atoms with Crippen LogP contribution in [0.1, 0.15) is 37.6 Å². The molecule has 0 spiro atoms. The normalized spacial score (nSPS) is 12.3. The largest absolute Gasteiger partial charge is 0.491 e.